The van der Waals surface area contributed by atoms with E-state index < -0.39 is 0 Å². The van der Waals surface area contributed by atoms with Crippen LogP contribution in [-0.2, 0) is 0 Å². The molecule has 2 fully saturated rings. The smallest absolute Gasteiger partial charge is 0.317 e. The molecule has 2 amide bonds. The van der Waals surface area contributed by atoms with Crippen LogP contribution in [-0.4, -0.2) is 30.6 Å². The zero-order chi connectivity index (χ0) is 9.97. The Morgan fingerprint density at radius 2 is 2.00 bits per heavy atom. The normalized spacial score (nSPS) is 30.5. The second-order valence-corrected chi connectivity index (χ2v) is 4.59. The summed E-state index contributed by atoms with van der Waals surface area (Å²) >= 11 is 0. The predicted octanol–water partition coefficient (Wildman–Crippen LogP) is 1.84. The average molecular weight is 196 g/mol. The van der Waals surface area contributed by atoms with E-state index in [-0.39, 0.29) is 6.03 Å². The van der Waals surface area contributed by atoms with Crippen molar-refractivity contribution in [2.75, 3.05) is 19.6 Å². The number of carbonyl (C=O) groups excluding carboxylic acids is 1. The largest absolute Gasteiger partial charge is 0.338 e. The van der Waals surface area contributed by atoms with Crippen molar-refractivity contribution >= 4 is 6.03 Å². The van der Waals surface area contributed by atoms with Crippen LogP contribution in [0.15, 0.2) is 0 Å². The van der Waals surface area contributed by atoms with Gasteiger partial charge in [0.25, 0.3) is 0 Å². The summed E-state index contributed by atoms with van der Waals surface area (Å²) in [5.41, 5.74) is 0. The fourth-order valence-corrected chi connectivity index (χ4v) is 2.74. The van der Waals surface area contributed by atoms with Crippen molar-refractivity contribution in [3.63, 3.8) is 0 Å². The molecule has 0 bridgehead atoms. The second-order valence-electron chi connectivity index (χ2n) is 4.59. The van der Waals surface area contributed by atoms with E-state index in [1.807, 2.05) is 4.90 Å². The van der Waals surface area contributed by atoms with Gasteiger partial charge in [0, 0.05) is 19.6 Å². The first-order chi connectivity index (χ1) is 6.81. The van der Waals surface area contributed by atoms with Crippen molar-refractivity contribution in [2.45, 2.75) is 32.6 Å². The minimum absolute atomic E-state index is 0.154. The minimum Gasteiger partial charge on any atom is -0.338 e. The van der Waals surface area contributed by atoms with Gasteiger partial charge in [-0.2, -0.15) is 0 Å². The lowest BCUT2D eigenvalue weighted by molar-refractivity contribution is 0.205. The summed E-state index contributed by atoms with van der Waals surface area (Å²) in [6, 6.07) is 0.154. The number of likely N-dealkylation sites (tertiary alicyclic amines) is 1. The van der Waals surface area contributed by atoms with Crippen molar-refractivity contribution in [2.24, 2.45) is 11.8 Å². The van der Waals surface area contributed by atoms with Gasteiger partial charge in [0.15, 0.2) is 0 Å². The topological polar surface area (TPSA) is 32.3 Å². The number of rotatable bonds is 2. The minimum atomic E-state index is 0.154. The van der Waals surface area contributed by atoms with Crippen LogP contribution in [0.4, 0.5) is 4.79 Å². The van der Waals surface area contributed by atoms with Gasteiger partial charge < -0.3 is 10.2 Å². The number of fused-ring (bicyclic) bond motifs is 1. The van der Waals surface area contributed by atoms with Crippen LogP contribution >= 0.6 is 0 Å². The molecule has 2 rings (SSSR count). The summed E-state index contributed by atoms with van der Waals surface area (Å²) in [7, 11) is 0. The molecule has 0 aromatic rings. The summed E-state index contributed by atoms with van der Waals surface area (Å²) in [4.78, 5) is 13.7. The summed E-state index contributed by atoms with van der Waals surface area (Å²) in [5.74, 6) is 1.62. The summed E-state index contributed by atoms with van der Waals surface area (Å²) in [5, 5.41) is 2.95. The summed E-state index contributed by atoms with van der Waals surface area (Å²) in [6.07, 6.45) is 5.07. The molecule has 3 heteroatoms. The highest BCUT2D eigenvalue weighted by atomic mass is 16.2. The van der Waals surface area contributed by atoms with Crippen LogP contribution in [0.5, 0.6) is 0 Å². The quantitative estimate of drug-likeness (QED) is 0.718. The first-order valence-electron chi connectivity index (χ1n) is 5.84. The van der Waals surface area contributed by atoms with Gasteiger partial charge in [0.05, 0.1) is 0 Å². The van der Waals surface area contributed by atoms with Gasteiger partial charge in [-0.05, 0) is 31.1 Å². The van der Waals surface area contributed by atoms with Crippen molar-refractivity contribution in [1.82, 2.24) is 10.2 Å². The Morgan fingerprint density at radius 3 is 2.57 bits per heavy atom. The van der Waals surface area contributed by atoms with E-state index in [0.29, 0.717) is 0 Å². The van der Waals surface area contributed by atoms with E-state index in [1.165, 1.54) is 19.3 Å². The van der Waals surface area contributed by atoms with Gasteiger partial charge in [-0.1, -0.05) is 13.3 Å². The molecule has 1 saturated heterocycles. The molecule has 14 heavy (non-hydrogen) atoms. The first-order valence-corrected chi connectivity index (χ1v) is 5.84. The molecular formula is C11H20N2O. The maximum Gasteiger partial charge on any atom is 0.317 e. The Hall–Kier alpha value is -0.730. The molecular weight excluding hydrogens is 176 g/mol. The molecule has 1 aliphatic carbocycles. The molecule has 0 radical (unpaired) electrons. The number of amides is 2. The van der Waals surface area contributed by atoms with Gasteiger partial charge in [-0.3, -0.25) is 0 Å². The monoisotopic (exact) mass is 196 g/mol. The van der Waals surface area contributed by atoms with Gasteiger partial charge in [0.2, 0.25) is 0 Å². The second kappa shape index (κ2) is 4.20. The molecule has 0 aromatic carbocycles. The maximum absolute atomic E-state index is 11.7. The Balaban J connectivity index is 1.80. The lowest BCUT2D eigenvalue weighted by Crippen LogP contribution is -2.39. The number of nitrogens with zero attached hydrogens (tertiary/aromatic N) is 1. The van der Waals surface area contributed by atoms with Crippen molar-refractivity contribution in [3.05, 3.63) is 0 Å². The van der Waals surface area contributed by atoms with E-state index in [4.69, 9.17) is 0 Å². The molecule has 1 saturated carbocycles. The van der Waals surface area contributed by atoms with Crippen LogP contribution in [0, 0.1) is 11.8 Å². The SMILES string of the molecule is CCCNC(=O)N1CC2CCCC2C1. The molecule has 1 N–H and O–H groups in total. The van der Waals surface area contributed by atoms with Crippen LogP contribution in [0.1, 0.15) is 32.6 Å². The van der Waals surface area contributed by atoms with Gasteiger partial charge >= 0.3 is 6.03 Å². The van der Waals surface area contributed by atoms with Gasteiger partial charge in [-0.25, -0.2) is 4.79 Å². The average Bonchev–Trinajstić information content (AvgIpc) is 2.72. The highest BCUT2D eigenvalue weighted by Crippen LogP contribution is 2.37. The third kappa shape index (κ3) is 1.86. The van der Waals surface area contributed by atoms with Crippen LogP contribution in [0.25, 0.3) is 0 Å². The van der Waals surface area contributed by atoms with E-state index in [9.17, 15) is 4.79 Å². The molecule has 80 valence electrons. The molecule has 2 unspecified atom stereocenters. The fraction of sp³-hybridized carbons (Fsp3) is 0.909. The number of hydrogen-bond acceptors (Lipinski definition) is 1. The first kappa shape index (κ1) is 9.81. The van der Waals surface area contributed by atoms with Crippen LogP contribution < -0.4 is 5.32 Å². The number of hydrogen-bond donors (Lipinski definition) is 1. The predicted molar refractivity (Wildman–Crippen MR) is 56.1 cm³/mol. The van der Waals surface area contributed by atoms with Crippen molar-refractivity contribution in [3.8, 4) is 0 Å². The third-order valence-corrected chi connectivity index (χ3v) is 3.54. The Morgan fingerprint density at radius 1 is 1.36 bits per heavy atom. The molecule has 3 nitrogen and oxygen atoms in total. The molecule has 0 spiro atoms. The third-order valence-electron chi connectivity index (χ3n) is 3.54. The molecule has 2 atom stereocenters. The lowest BCUT2D eigenvalue weighted by Gasteiger charge is -2.17. The van der Waals surface area contributed by atoms with E-state index >= 15 is 0 Å². The Labute approximate surface area is 85.8 Å². The van der Waals surface area contributed by atoms with Gasteiger partial charge in [-0.15, -0.1) is 0 Å². The number of nitrogens with one attached hydrogen (secondary N) is 1. The Bertz CT molecular complexity index is 205. The van der Waals surface area contributed by atoms with Crippen molar-refractivity contribution < 1.29 is 4.79 Å². The summed E-state index contributed by atoms with van der Waals surface area (Å²) < 4.78 is 0. The fourth-order valence-electron chi connectivity index (χ4n) is 2.74. The Kier molecular flexibility index (Phi) is 2.94. The zero-order valence-electron chi connectivity index (χ0n) is 8.96. The van der Waals surface area contributed by atoms with Crippen molar-refractivity contribution in [1.29, 1.82) is 0 Å². The molecule has 2 aliphatic rings. The van der Waals surface area contributed by atoms with E-state index in [2.05, 4.69) is 12.2 Å². The number of urea groups is 1. The van der Waals surface area contributed by atoms with E-state index in [0.717, 1.165) is 37.9 Å². The highest BCUT2D eigenvalue weighted by Gasteiger charge is 2.37. The maximum atomic E-state index is 11.7. The standard InChI is InChI=1S/C11H20N2O/c1-2-6-12-11(14)13-7-9-4-3-5-10(9)8-13/h9-10H,2-8H2,1H3,(H,12,14). The summed E-state index contributed by atoms with van der Waals surface area (Å²) in [6.45, 7) is 4.89. The van der Waals surface area contributed by atoms with Gasteiger partial charge in [0.1, 0.15) is 0 Å². The highest BCUT2D eigenvalue weighted by molar-refractivity contribution is 5.74. The lowest BCUT2D eigenvalue weighted by atomic mass is 10.0. The van der Waals surface area contributed by atoms with Crippen LogP contribution in [0.2, 0.25) is 0 Å². The molecule has 0 aromatic heterocycles. The molecule has 1 heterocycles. The van der Waals surface area contributed by atoms with E-state index in [1.54, 1.807) is 0 Å². The zero-order valence-corrected chi connectivity index (χ0v) is 8.96. The van der Waals surface area contributed by atoms with Crippen LogP contribution in [0.3, 0.4) is 0 Å². The molecule has 1 aliphatic heterocycles. The number of carbonyl (C=O) groups is 1.